The number of nitrogens with zero attached hydrogens (tertiary/aromatic N) is 3. The minimum absolute atomic E-state index is 0.163. The van der Waals surface area contributed by atoms with Crippen LogP contribution in [0.3, 0.4) is 0 Å². The highest BCUT2D eigenvalue weighted by Crippen LogP contribution is 2.41. The molecule has 0 amide bonds. The Labute approximate surface area is 179 Å². The van der Waals surface area contributed by atoms with Gasteiger partial charge in [0.2, 0.25) is 0 Å². The molecule has 1 N–H and O–H groups in total. The summed E-state index contributed by atoms with van der Waals surface area (Å²) in [6.45, 7) is 3.53. The normalized spacial score (nSPS) is 16.1. The van der Waals surface area contributed by atoms with Crippen LogP contribution in [-0.4, -0.2) is 16.6 Å². The molecule has 5 nitrogen and oxygen atoms in total. The summed E-state index contributed by atoms with van der Waals surface area (Å²) in [5, 5.41) is 7.63. The molecule has 0 unspecified atom stereocenters. The molecule has 1 aromatic heterocycles. The highest BCUT2D eigenvalue weighted by atomic mass is 19.1. The van der Waals surface area contributed by atoms with E-state index in [0.29, 0.717) is 11.5 Å². The van der Waals surface area contributed by atoms with E-state index in [9.17, 15) is 9.18 Å². The van der Waals surface area contributed by atoms with E-state index in [-0.39, 0.29) is 11.6 Å². The van der Waals surface area contributed by atoms with Crippen LogP contribution in [0.2, 0.25) is 0 Å². The number of hydrogen-bond donors (Lipinski definition) is 1. The van der Waals surface area contributed by atoms with Crippen molar-refractivity contribution in [1.82, 2.24) is 4.98 Å². The number of ketones is 1. The van der Waals surface area contributed by atoms with Crippen molar-refractivity contribution in [2.24, 2.45) is 5.10 Å². The van der Waals surface area contributed by atoms with Crippen LogP contribution < -0.4 is 9.91 Å². The van der Waals surface area contributed by atoms with Gasteiger partial charge in [0.25, 0.3) is 0 Å². The molecule has 0 radical (unpaired) electrons. The van der Waals surface area contributed by atoms with E-state index in [1.807, 2.05) is 71.6 Å². The molecule has 154 valence electrons. The molecule has 4 aromatic rings. The lowest BCUT2D eigenvalue weighted by atomic mass is 10.1. The summed E-state index contributed by atoms with van der Waals surface area (Å²) in [7, 11) is 0. The third-order valence-electron chi connectivity index (χ3n) is 5.52. The molecule has 1 aliphatic rings. The van der Waals surface area contributed by atoms with E-state index in [2.05, 4.69) is 4.98 Å². The van der Waals surface area contributed by atoms with Crippen LogP contribution >= 0.6 is 0 Å². The van der Waals surface area contributed by atoms with E-state index >= 15 is 0 Å². The van der Waals surface area contributed by atoms with Gasteiger partial charge in [0.05, 0.1) is 5.69 Å². The summed E-state index contributed by atoms with van der Waals surface area (Å²) in [6.07, 6.45) is 1.54. The number of aromatic amines is 1. The molecule has 0 saturated carbocycles. The topological polar surface area (TPSA) is 51.7 Å². The summed E-state index contributed by atoms with van der Waals surface area (Å²) < 4.78 is 13.7. The molecular formula is C25H21FN4O. The van der Waals surface area contributed by atoms with Crippen molar-refractivity contribution in [2.75, 3.05) is 9.91 Å². The van der Waals surface area contributed by atoms with Gasteiger partial charge < -0.3 is 4.98 Å². The minimum atomic E-state index is -0.414. The van der Waals surface area contributed by atoms with Gasteiger partial charge in [-0.05, 0) is 49.4 Å². The molecule has 0 spiro atoms. The molecule has 5 rings (SSSR count). The monoisotopic (exact) mass is 412 g/mol. The Hall–Kier alpha value is -3.93. The Balaban J connectivity index is 1.73. The van der Waals surface area contributed by atoms with E-state index in [0.717, 1.165) is 27.7 Å². The minimum Gasteiger partial charge on any atom is -0.361 e. The van der Waals surface area contributed by atoms with Crippen molar-refractivity contribution in [1.29, 1.82) is 0 Å². The van der Waals surface area contributed by atoms with Crippen LogP contribution in [0.5, 0.6) is 0 Å². The number of benzene rings is 3. The first-order valence-electron chi connectivity index (χ1n) is 10.1. The quantitative estimate of drug-likeness (QED) is 0.479. The van der Waals surface area contributed by atoms with Gasteiger partial charge in [-0.3, -0.25) is 9.69 Å². The SMILES string of the molecule is CC(=O)C1=NN(c2ccc(C)cc2)[C@H](c2c[nH]c3ccccc23)N1c1ccc(F)cc1. The van der Waals surface area contributed by atoms with Crippen molar-refractivity contribution < 1.29 is 9.18 Å². The molecular weight excluding hydrogens is 391 g/mol. The second kappa shape index (κ2) is 7.40. The number of hydrogen-bond acceptors (Lipinski definition) is 4. The zero-order valence-corrected chi connectivity index (χ0v) is 17.2. The average Bonchev–Trinajstić information content (AvgIpc) is 3.36. The maximum absolute atomic E-state index is 13.7. The third-order valence-corrected chi connectivity index (χ3v) is 5.52. The first-order valence-corrected chi connectivity index (χ1v) is 10.1. The number of fused-ring (bicyclic) bond motifs is 1. The number of rotatable bonds is 4. The van der Waals surface area contributed by atoms with Crippen molar-refractivity contribution in [3.63, 3.8) is 0 Å². The van der Waals surface area contributed by atoms with Crippen LogP contribution in [0.1, 0.15) is 24.2 Å². The third kappa shape index (κ3) is 3.26. The number of carbonyl (C=O) groups excluding carboxylic acids is 1. The summed E-state index contributed by atoms with van der Waals surface area (Å²) in [6, 6.07) is 22.2. The van der Waals surface area contributed by atoms with E-state index in [4.69, 9.17) is 5.10 Å². The number of hydrazone groups is 1. The molecule has 1 atom stereocenters. The van der Waals surface area contributed by atoms with Gasteiger partial charge in [-0.2, -0.15) is 0 Å². The molecule has 1 aliphatic heterocycles. The van der Waals surface area contributed by atoms with Gasteiger partial charge in [-0.1, -0.05) is 35.9 Å². The lowest BCUT2D eigenvalue weighted by molar-refractivity contribution is -0.111. The lowest BCUT2D eigenvalue weighted by Crippen LogP contribution is -2.37. The molecule has 6 heteroatoms. The Morgan fingerprint density at radius 3 is 2.35 bits per heavy atom. The zero-order chi connectivity index (χ0) is 21.5. The smallest absolute Gasteiger partial charge is 0.198 e. The van der Waals surface area contributed by atoms with Gasteiger partial charge >= 0.3 is 0 Å². The van der Waals surface area contributed by atoms with Crippen molar-refractivity contribution in [2.45, 2.75) is 20.0 Å². The zero-order valence-electron chi connectivity index (χ0n) is 17.2. The highest BCUT2D eigenvalue weighted by molar-refractivity contribution is 6.44. The van der Waals surface area contributed by atoms with E-state index in [1.165, 1.54) is 19.1 Å². The predicted molar refractivity (Wildman–Crippen MR) is 122 cm³/mol. The van der Waals surface area contributed by atoms with Crippen LogP contribution in [0, 0.1) is 12.7 Å². The standard InChI is InChI=1S/C25H21FN4O/c1-16-7-11-20(12-8-16)30-25(22-15-27-23-6-4-3-5-21(22)23)29(24(28-30)17(2)31)19-13-9-18(26)10-14-19/h3-15,25,27H,1-2H3/t25-/m1/s1. The van der Waals surface area contributed by atoms with Crippen molar-refractivity contribution >= 4 is 33.9 Å². The van der Waals surface area contributed by atoms with Crippen molar-refractivity contribution in [3.05, 3.63) is 95.9 Å². The summed E-state index contributed by atoms with van der Waals surface area (Å²) in [5.41, 5.74) is 4.67. The van der Waals surface area contributed by atoms with Gasteiger partial charge in [0.1, 0.15) is 5.82 Å². The number of carbonyl (C=O) groups is 1. The fourth-order valence-electron chi connectivity index (χ4n) is 4.01. The number of halogens is 1. The number of aromatic nitrogens is 1. The fraction of sp³-hybridized carbons (Fsp3) is 0.120. The van der Waals surface area contributed by atoms with Crippen molar-refractivity contribution in [3.8, 4) is 0 Å². The maximum atomic E-state index is 13.7. The van der Waals surface area contributed by atoms with Gasteiger partial charge in [0.15, 0.2) is 17.8 Å². The molecule has 2 heterocycles. The predicted octanol–water partition coefficient (Wildman–Crippen LogP) is 5.54. The molecule has 0 saturated heterocycles. The second-order valence-corrected chi connectivity index (χ2v) is 7.67. The first kappa shape index (κ1) is 19.1. The highest BCUT2D eigenvalue weighted by Gasteiger charge is 2.40. The number of anilines is 2. The van der Waals surface area contributed by atoms with Crippen LogP contribution in [-0.2, 0) is 4.79 Å². The molecule has 0 aliphatic carbocycles. The number of amidine groups is 1. The van der Waals surface area contributed by atoms with Gasteiger partial charge in [-0.15, -0.1) is 5.10 Å². The summed E-state index contributed by atoms with van der Waals surface area (Å²) >= 11 is 0. The van der Waals surface area contributed by atoms with Crippen LogP contribution in [0.4, 0.5) is 15.8 Å². The average molecular weight is 412 g/mol. The largest absolute Gasteiger partial charge is 0.361 e. The Morgan fingerprint density at radius 2 is 1.65 bits per heavy atom. The van der Waals surface area contributed by atoms with Crippen LogP contribution in [0.15, 0.2) is 84.1 Å². The maximum Gasteiger partial charge on any atom is 0.198 e. The molecule has 31 heavy (non-hydrogen) atoms. The second-order valence-electron chi connectivity index (χ2n) is 7.67. The lowest BCUT2D eigenvalue weighted by Gasteiger charge is -2.31. The van der Waals surface area contributed by atoms with Gasteiger partial charge in [0, 0.05) is 35.3 Å². The van der Waals surface area contributed by atoms with E-state index in [1.54, 1.807) is 12.1 Å². The first-order chi connectivity index (χ1) is 15.0. The molecule has 0 fully saturated rings. The number of H-pyrrole nitrogens is 1. The number of aryl methyl sites for hydroxylation is 1. The van der Waals surface area contributed by atoms with E-state index < -0.39 is 6.17 Å². The number of para-hydroxylation sites is 1. The Morgan fingerprint density at radius 1 is 0.968 bits per heavy atom. The molecule has 3 aromatic carbocycles. The summed E-state index contributed by atoms with van der Waals surface area (Å²) in [5.74, 6) is -0.186. The van der Waals surface area contributed by atoms with Gasteiger partial charge in [-0.25, -0.2) is 9.40 Å². The molecule has 0 bridgehead atoms. The Bertz CT molecular complexity index is 1290. The number of Topliss-reactive ketones (excluding diaryl/α,β-unsaturated/α-hetero) is 1. The fourth-order valence-corrected chi connectivity index (χ4v) is 4.01. The summed E-state index contributed by atoms with van der Waals surface area (Å²) in [4.78, 5) is 17.8. The van der Waals surface area contributed by atoms with Crippen LogP contribution in [0.25, 0.3) is 10.9 Å². The Kier molecular flexibility index (Phi) is 4.55. The number of nitrogens with one attached hydrogen (secondary N) is 1.